The van der Waals surface area contributed by atoms with Crippen LogP contribution in [-0.2, 0) is 9.59 Å². The number of Topliss-reactive ketones (excluding diaryl/α,β-unsaturated/α-hetero) is 1. The topological polar surface area (TPSA) is 96.3 Å². The van der Waals surface area contributed by atoms with Gasteiger partial charge in [-0.1, -0.05) is 49.7 Å². The monoisotopic (exact) mass is 535 g/mol. The second-order valence-electron chi connectivity index (χ2n) is 9.49. The minimum absolute atomic E-state index is 0.0820. The lowest BCUT2D eigenvalue weighted by Gasteiger charge is -2.27. The molecule has 0 spiro atoms. The van der Waals surface area contributed by atoms with Crippen LogP contribution in [0.3, 0.4) is 0 Å². The summed E-state index contributed by atoms with van der Waals surface area (Å²) in [6.07, 6.45) is 0. The molecule has 1 heterocycles. The number of aromatic hydroxyl groups is 1. The zero-order valence-corrected chi connectivity index (χ0v) is 22.5. The Morgan fingerprint density at radius 1 is 1.05 bits per heavy atom. The van der Waals surface area contributed by atoms with Crippen molar-refractivity contribution in [1.29, 1.82) is 0 Å². The number of phenolic OH excluding ortho intramolecular Hbond substituents is 1. The first-order chi connectivity index (χ1) is 18.1. The molecular weight excluding hydrogens is 506 g/mol. The first-order valence-corrected chi connectivity index (χ1v) is 12.8. The van der Waals surface area contributed by atoms with Crippen LogP contribution in [0, 0.1) is 12.8 Å². The van der Waals surface area contributed by atoms with Crippen LogP contribution in [0.25, 0.3) is 5.76 Å². The number of aliphatic hydroxyl groups excluding tert-OH is 1. The zero-order valence-electron chi connectivity index (χ0n) is 21.7. The highest BCUT2D eigenvalue weighted by Crippen LogP contribution is 2.45. The summed E-state index contributed by atoms with van der Waals surface area (Å²) in [5.41, 5.74) is 1.86. The van der Waals surface area contributed by atoms with Crippen LogP contribution in [0.1, 0.15) is 43.5 Å². The molecule has 1 unspecified atom stereocenters. The molecule has 3 aromatic rings. The van der Waals surface area contributed by atoms with E-state index in [0.29, 0.717) is 52.3 Å². The lowest BCUT2D eigenvalue weighted by molar-refractivity contribution is -0.132. The minimum atomic E-state index is -1.01. The molecule has 0 aliphatic carbocycles. The van der Waals surface area contributed by atoms with Gasteiger partial charge in [-0.15, -0.1) is 0 Å². The average Bonchev–Trinajstić information content (AvgIpc) is 3.15. The highest BCUT2D eigenvalue weighted by atomic mass is 35.5. The Morgan fingerprint density at radius 3 is 2.53 bits per heavy atom. The van der Waals surface area contributed by atoms with Gasteiger partial charge < -0.3 is 19.7 Å². The molecule has 1 atom stereocenters. The van der Waals surface area contributed by atoms with Crippen molar-refractivity contribution in [3.63, 3.8) is 0 Å². The van der Waals surface area contributed by atoms with Gasteiger partial charge in [0, 0.05) is 16.3 Å². The van der Waals surface area contributed by atoms with Gasteiger partial charge in [0.05, 0.1) is 24.8 Å². The number of ether oxygens (including phenoxy) is 2. The van der Waals surface area contributed by atoms with E-state index in [1.807, 2.05) is 13.8 Å². The number of phenols is 1. The Morgan fingerprint density at radius 2 is 1.82 bits per heavy atom. The van der Waals surface area contributed by atoms with Crippen LogP contribution in [0.5, 0.6) is 17.2 Å². The third-order valence-corrected chi connectivity index (χ3v) is 6.40. The summed E-state index contributed by atoms with van der Waals surface area (Å²) in [5, 5.41) is 22.2. The molecule has 1 aliphatic rings. The summed E-state index contributed by atoms with van der Waals surface area (Å²) in [5.74, 6) is -1.04. The number of halogens is 1. The Hall–Kier alpha value is -3.97. The van der Waals surface area contributed by atoms with E-state index < -0.39 is 17.7 Å². The number of anilines is 1. The Balaban J connectivity index is 1.93. The third-order valence-electron chi connectivity index (χ3n) is 6.17. The van der Waals surface area contributed by atoms with Crippen molar-refractivity contribution in [2.45, 2.75) is 33.7 Å². The van der Waals surface area contributed by atoms with Crippen LogP contribution in [-0.4, -0.2) is 35.1 Å². The van der Waals surface area contributed by atoms with E-state index in [1.54, 1.807) is 68.4 Å². The molecular formula is C30H30ClNO6. The quantitative estimate of drug-likeness (QED) is 0.196. The van der Waals surface area contributed by atoms with Crippen molar-refractivity contribution < 1.29 is 29.3 Å². The van der Waals surface area contributed by atoms with Crippen molar-refractivity contribution in [1.82, 2.24) is 0 Å². The molecule has 1 saturated heterocycles. The third kappa shape index (κ3) is 5.34. The summed E-state index contributed by atoms with van der Waals surface area (Å²) in [6.45, 7) is 8.42. The molecule has 7 nitrogen and oxygen atoms in total. The summed E-state index contributed by atoms with van der Waals surface area (Å²) in [6, 6.07) is 15.4. The van der Waals surface area contributed by atoms with Gasteiger partial charge in [0.15, 0.2) is 11.5 Å². The van der Waals surface area contributed by atoms with E-state index in [-0.39, 0.29) is 22.8 Å². The second kappa shape index (κ2) is 11.2. The predicted octanol–water partition coefficient (Wildman–Crippen LogP) is 6.41. The van der Waals surface area contributed by atoms with E-state index in [4.69, 9.17) is 21.1 Å². The minimum Gasteiger partial charge on any atom is -0.507 e. The molecule has 0 bridgehead atoms. The number of hydrogen-bond donors (Lipinski definition) is 2. The smallest absolute Gasteiger partial charge is 0.300 e. The summed E-state index contributed by atoms with van der Waals surface area (Å²) < 4.78 is 11.4. The zero-order chi connectivity index (χ0) is 27.6. The fraction of sp³-hybridized carbons (Fsp3) is 0.267. The maximum absolute atomic E-state index is 13.5. The van der Waals surface area contributed by atoms with E-state index in [0.717, 1.165) is 0 Å². The summed E-state index contributed by atoms with van der Waals surface area (Å²) in [4.78, 5) is 28.3. The molecule has 8 heteroatoms. The largest absolute Gasteiger partial charge is 0.507 e. The molecule has 4 rings (SSSR count). The van der Waals surface area contributed by atoms with Crippen LogP contribution >= 0.6 is 11.6 Å². The second-order valence-corrected chi connectivity index (χ2v) is 9.93. The van der Waals surface area contributed by atoms with Gasteiger partial charge >= 0.3 is 0 Å². The molecule has 1 amide bonds. The van der Waals surface area contributed by atoms with Gasteiger partial charge in [-0.2, -0.15) is 0 Å². The van der Waals surface area contributed by atoms with Gasteiger partial charge in [0.25, 0.3) is 11.7 Å². The van der Waals surface area contributed by atoms with Gasteiger partial charge in [-0.05, 0) is 67.3 Å². The van der Waals surface area contributed by atoms with Crippen LogP contribution in [0.15, 0.2) is 66.2 Å². The predicted molar refractivity (Wildman–Crippen MR) is 147 cm³/mol. The van der Waals surface area contributed by atoms with Gasteiger partial charge in [-0.3, -0.25) is 14.5 Å². The molecule has 1 fully saturated rings. The lowest BCUT2D eigenvalue weighted by Crippen LogP contribution is -2.30. The van der Waals surface area contributed by atoms with Gasteiger partial charge in [0.2, 0.25) is 0 Å². The molecule has 0 radical (unpaired) electrons. The molecule has 2 N–H and O–H groups in total. The number of benzene rings is 3. The number of aliphatic hydroxyl groups is 1. The average molecular weight is 536 g/mol. The highest BCUT2D eigenvalue weighted by Gasteiger charge is 2.47. The van der Waals surface area contributed by atoms with Crippen molar-refractivity contribution in [3.8, 4) is 17.2 Å². The number of nitrogens with zero attached hydrogens (tertiary/aromatic N) is 1. The summed E-state index contributed by atoms with van der Waals surface area (Å²) >= 11 is 6.27. The standard InChI is InChI=1S/C30H30ClNO6/c1-5-37-25-14-19(10-12-24(25)33)27-26(28(34)20-7-6-8-22(13-20)38-16-17(2)3)29(35)30(36)32(27)23-15-21(31)11-9-18(23)4/h6-15,17,27,33-34H,5,16H2,1-4H3/b28-26+. The van der Waals surface area contributed by atoms with Crippen molar-refractivity contribution >= 4 is 34.7 Å². The number of ketones is 1. The Kier molecular flexibility index (Phi) is 7.97. The number of carbonyl (C=O) groups is 2. The van der Waals surface area contributed by atoms with E-state index in [9.17, 15) is 19.8 Å². The molecule has 38 heavy (non-hydrogen) atoms. The number of amides is 1. The van der Waals surface area contributed by atoms with E-state index in [1.165, 1.54) is 11.0 Å². The van der Waals surface area contributed by atoms with Crippen molar-refractivity contribution in [2.75, 3.05) is 18.1 Å². The van der Waals surface area contributed by atoms with Crippen molar-refractivity contribution in [2.24, 2.45) is 5.92 Å². The number of carbonyl (C=O) groups excluding carboxylic acids is 2. The molecule has 198 valence electrons. The Bertz CT molecular complexity index is 1410. The first kappa shape index (κ1) is 27.1. The lowest BCUT2D eigenvalue weighted by atomic mass is 9.94. The molecule has 3 aromatic carbocycles. The maximum atomic E-state index is 13.5. The van der Waals surface area contributed by atoms with Crippen LogP contribution in [0.4, 0.5) is 5.69 Å². The highest BCUT2D eigenvalue weighted by molar-refractivity contribution is 6.52. The van der Waals surface area contributed by atoms with Gasteiger partial charge in [0.1, 0.15) is 11.5 Å². The Labute approximate surface area is 226 Å². The number of rotatable bonds is 8. The normalized spacial score (nSPS) is 16.8. The fourth-order valence-electron chi connectivity index (χ4n) is 4.36. The SMILES string of the molecule is CCOc1cc(C2/C(=C(\O)c3cccc(OCC(C)C)c3)C(=O)C(=O)N2c2cc(Cl)ccc2C)ccc1O. The number of aryl methyl sites for hydroxylation is 1. The van der Waals surface area contributed by atoms with Crippen LogP contribution in [0.2, 0.25) is 5.02 Å². The molecule has 0 aromatic heterocycles. The van der Waals surface area contributed by atoms with E-state index in [2.05, 4.69) is 0 Å². The molecule has 1 aliphatic heterocycles. The number of hydrogen-bond acceptors (Lipinski definition) is 6. The summed E-state index contributed by atoms with van der Waals surface area (Å²) in [7, 11) is 0. The fourth-order valence-corrected chi connectivity index (χ4v) is 4.53. The van der Waals surface area contributed by atoms with Crippen molar-refractivity contribution in [3.05, 3.63) is 87.9 Å². The van der Waals surface area contributed by atoms with Crippen LogP contribution < -0.4 is 14.4 Å². The molecule has 0 saturated carbocycles. The maximum Gasteiger partial charge on any atom is 0.300 e. The van der Waals surface area contributed by atoms with E-state index >= 15 is 0 Å². The van der Waals surface area contributed by atoms with Gasteiger partial charge in [-0.25, -0.2) is 0 Å². The first-order valence-electron chi connectivity index (χ1n) is 12.4.